The van der Waals surface area contributed by atoms with E-state index >= 15 is 0 Å². The first-order valence-electron chi connectivity index (χ1n) is 7.38. The summed E-state index contributed by atoms with van der Waals surface area (Å²) in [6.45, 7) is 7.49. The number of benzene rings is 1. The first-order chi connectivity index (χ1) is 9.16. The molecule has 0 amide bonds. The van der Waals surface area contributed by atoms with Gasteiger partial charge in [-0.25, -0.2) is 0 Å². The third-order valence-corrected chi connectivity index (χ3v) is 3.61. The Labute approximate surface area is 116 Å². The third kappa shape index (κ3) is 4.75. The van der Waals surface area contributed by atoms with Gasteiger partial charge in [-0.1, -0.05) is 26.0 Å². The molecule has 0 heterocycles. The Morgan fingerprint density at radius 1 is 1.26 bits per heavy atom. The van der Waals surface area contributed by atoms with Crippen LogP contribution >= 0.6 is 0 Å². The number of nitrogen functional groups attached to an aromatic ring is 1. The van der Waals surface area contributed by atoms with Crippen LogP contribution < -0.4 is 10.5 Å². The number of rotatable bonds is 8. The minimum absolute atomic E-state index is 0.725. The molecule has 3 nitrogen and oxygen atoms in total. The van der Waals surface area contributed by atoms with Crippen LogP contribution in [0.2, 0.25) is 0 Å². The fourth-order valence-corrected chi connectivity index (χ4v) is 2.23. The van der Waals surface area contributed by atoms with Crippen LogP contribution in [0.1, 0.15) is 33.1 Å². The predicted octanol–water partition coefficient (Wildman–Crippen LogP) is 3.16. The standard InChI is InChI=1S/C16H26N2O/c1-13(2)9-10-18(14-7-8-14)11-12-19-16-6-4-3-5-15(16)17/h3-6,13-14H,7-12,17H2,1-2H3. The van der Waals surface area contributed by atoms with Gasteiger partial charge in [0.2, 0.25) is 0 Å². The summed E-state index contributed by atoms with van der Waals surface area (Å²) in [4.78, 5) is 2.57. The molecule has 2 rings (SSSR count). The van der Waals surface area contributed by atoms with Gasteiger partial charge in [-0.3, -0.25) is 4.90 Å². The summed E-state index contributed by atoms with van der Waals surface area (Å²) in [6, 6.07) is 8.51. The highest BCUT2D eigenvalue weighted by Crippen LogP contribution is 2.27. The summed E-state index contributed by atoms with van der Waals surface area (Å²) in [5.41, 5.74) is 6.59. The van der Waals surface area contributed by atoms with Crippen LogP contribution in [0.25, 0.3) is 0 Å². The Hall–Kier alpha value is -1.22. The maximum absolute atomic E-state index is 5.87. The van der Waals surface area contributed by atoms with Gasteiger partial charge in [0.1, 0.15) is 12.4 Å². The SMILES string of the molecule is CC(C)CCN(CCOc1ccccc1N)C1CC1. The molecule has 1 saturated carbocycles. The molecule has 0 aliphatic heterocycles. The average Bonchev–Trinajstić information content (AvgIpc) is 3.19. The van der Waals surface area contributed by atoms with Crippen molar-refractivity contribution in [2.75, 3.05) is 25.4 Å². The lowest BCUT2D eigenvalue weighted by Crippen LogP contribution is -2.32. The number of nitrogens with two attached hydrogens (primary N) is 1. The van der Waals surface area contributed by atoms with Crippen LogP contribution in [0.3, 0.4) is 0 Å². The number of nitrogens with zero attached hydrogens (tertiary/aromatic N) is 1. The van der Waals surface area contributed by atoms with Gasteiger partial charge in [0, 0.05) is 12.6 Å². The van der Waals surface area contributed by atoms with Crippen molar-refractivity contribution in [3.8, 4) is 5.75 Å². The van der Waals surface area contributed by atoms with Crippen molar-refractivity contribution in [2.24, 2.45) is 5.92 Å². The third-order valence-electron chi connectivity index (χ3n) is 3.61. The molecule has 0 aromatic heterocycles. The van der Waals surface area contributed by atoms with Crippen molar-refractivity contribution in [3.63, 3.8) is 0 Å². The molecule has 1 aromatic rings. The molecule has 1 aromatic carbocycles. The van der Waals surface area contributed by atoms with Gasteiger partial charge >= 0.3 is 0 Å². The zero-order chi connectivity index (χ0) is 13.7. The van der Waals surface area contributed by atoms with Crippen molar-refractivity contribution in [2.45, 2.75) is 39.2 Å². The zero-order valence-corrected chi connectivity index (χ0v) is 12.1. The summed E-state index contributed by atoms with van der Waals surface area (Å²) in [6.07, 6.45) is 3.97. The maximum Gasteiger partial charge on any atom is 0.142 e. The summed E-state index contributed by atoms with van der Waals surface area (Å²) >= 11 is 0. The van der Waals surface area contributed by atoms with Crippen LogP contribution in [0.15, 0.2) is 24.3 Å². The number of anilines is 1. The molecule has 0 bridgehead atoms. The highest BCUT2D eigenvalue weighted by molar-refractivity contribution is 5.51. The maximum atomic E-state index is 5.87. The second kappa shape index (κ2) is 6.80. The fraction of sp³-hybridized carbons (Fsp3) is 0.625. The lowest BCUT2D eigenvalue weighted by Gasteiger charge is -2.23. The molecule has 0 spiro atoms. The van der Waals surface area contributed by atoms with Crippen molar-refractivity contribution < 1.29 is 4.74 Å². The number of hydrogen-bond acceptors (Lipinski definition) is 3. The molecule has 1 fully saturated rings. The monoisotopic (exact) mass is 262 g/mol. The highest BCUT2D eigenvalue weighted by atomic mass is 16.5. The van der Waals surface area contributed by atoms with Crippen molar-refractivity contribution >= 4 is 5.69 Å². The van der Waals surface area contributed by atoms with Gasteiger partial charge in [0.25, 0.3) is 0 Å². The molecule has 2 N–H and O–H groups in total. The number of para-hydroxylation sites is 2. The molecular weight excluding hydrogens is 236 g/mol. The lowest BCUT2D eigenvalue weighted by atomic mass is 10.1. The van der Waals surface area contributed by atoms with Crippen LogP contribution in [-0.2, 0) is 0 Å². The smallest absolute Gasteiger partial charge is 0.142 e. The summed E-state index contributed by atoms with van der Waals surface area (Å²) in [5.74, 6) is 1.58. The Balaban J connectivity index is 1.74. The molecule has 0 radical (unpaired) electrons. The van der Waals surface area contributed by atoms with Crippen molar-refractivity contribution in [1.82, 2.24) is 4.90 Å². The van der Waals surface area contributed by atoms with E-state index in [1.165, 1.54) is 25.8 Å². The molecule has 0 unspecified atom stereocenters. The minimum atomic E-state index is 0.725. The fourth-order valence-electron chi connectivity index (χ4n) is 2.23. The first kappa shape index (κ1) is 14.2. The first-order valence-corrected chi connectivity index (χ1v) is 7.38. The van der Waals surface area contributed by atoms with Crippen LogP contribution in [0.4, 0.5) is 5.69 Å². The summed E-state index contributed by atoms with van der Waals surface area (Å²) in [7, 11) is 0. The Morgan fingerprint density at radius 2 is 2.00 bits per heavy atom. The van der Waals surface area contributed by atoms with E-state index in [1.807, 2.05) is 24.3 Å². The lowest BCUT2D eigenvalue weighted by molar-refractivity contribution is 0.194. The van der Waals surface area contributed by atoms with Crippen molar-refractivity contribution in [3.05, 3.63) is 24.3 Å². The average molecular weight is 262 g/mol. The van der Waals surface area contributed by atoms with Gasteiger partial charge in [0.15, 0.2) is 0 Å². The quantitative estimate of drug-likeness (QED) is 0.731. The van der Waals surface area contributed by atoms with Crippen molar-refractivity contribution in [1.29, 1.82) is 0 Å². The molecule has 1 aliphatic carbocycles. The second-order valence-electron chi connectivity index (χ2n) is 5.84. The normalized spacial score (nSPS) is 15.2. The largest absolute Gasteiger partial charge is 0.490 e. The van der Waals surface area contributed by atoms with Gasteiger partial charge in [0.05, 0.1) is 5.69 Å². The molecule has 106 valence electrons. The number of hydrogen-bond donors (Lipinski definition) is 1. The van der Waals surface area contributed by atoms with Gasteiger partial charge < -0.3 is 10.5 Å². The van der Waals surface area contributed by atoms with E-state index < -0.39 is 0 Å². The highest BCUT2D eigenvalue weighted by Gasteiger charge is 2.28. The molecule has 1 aliphatic rings. The zero-order valence-electron chi connectivity index (χ0n) is 12.1. The van der Waals surface area contributed by atoms with Crippen LogP contribution in [-0.4, -0.2) is 30.6 Å². The molecular formula is C16H26N2O. The number of ether oxygens (including phenoxy) is 1. The van der Waals surface area contributed by atoms with E-state index in [2.05, 4.69) is 18.7 Å². The second-order valence-corrected chi connectivity index (χ2v) is 5.84. The van der Waals surface area contributed by atoms with Crippen LogP contribution in [0.5, 0.6) is 5.75 Å². The minimum Gasteiger partial charge on any atom is -0.490 e. The van der Waals surface area contributed by atoms with Crippen LogP contribution in [0, 0.1) is 5.92 Å². The Bertz CT molecular complexity index is 388. The summed E-state index contributed by atoms with van der Waals surface area (Å²) < 4.78 is 5.79. The predicted molar refractivity (Wildman–Crippen MR) is 80.4 cm³/mol. The Morgan fingerprint density at radius 3 is 2.63 bits per heavy atom. The van der Waals surface area contributed by atoms with E-state index in [0.717, 1.165) is 36.5 Å². The van der Waals surface area contributed by atoms with Gasteiger partial charge in [-0.15, -0.1) is 0 Å². The molecule has 0 atom stereocenters. The van der Waals surface area contributed by atoms with Gasteiger partial charge in [-0.2, -0.15) is 0 Å². The van der Waals surface area contributed by atoms with E-state index in [1.54, 1.807) is 0 Å². The molecule has 19 heavy (non-hydrogen) atoms. The van der Waals surface area contributed by atoms with E-state index in [0.29, 0.717) is 0 Å². The summed E-state index contributed by atoms with van der Waals surface area (Å²) in [5, 5.41) is 0. The van der Waals surface area contributed by atoms with E-state index in [-0.39, 0.29) is 0 Å². The van der Waals surface area contributed by atoms with E-state index in [9.17, 15) is 0 Å². The topological polar surface area (TPSA) is 38.5 Å². The molecule has 0 saturated heterocycles. The molecule has 3 heteroatoms. The Kier molecular flexibility index (Phi) is 5.08. The van der Waals surface area contributed by atoms with Gasteiger partial charge in [-0.05, 0) is 43.9 Å². The van der Waals surface area contributed by atoms with E-state index in [4.69, 9.17) is 10.5 Å².